The Hall–Kier alpha value is -1.83. The largest absolute Gasteiger partial charge is 0.384 e. The molecule has 1 saturated heterocycles. The molecule has 4 nitrogen and oxygen atoms in total. The van der Waals surface area contributed by atoms with Gasteiger partial charge in [-0.25, -0.2) is 0 Å². The summed E-state index contributed by atoms with van der Waals surface area (Å²) >= 11 is 0. The van der Waals surface area contributed by atoms with Crippen LogP contribution in [0.2, 0.25) is 0 Å². The van der Waals surface area contributed by atoms with Crippen molar-refractivity contribution in [1.29, 1.82) is 0 Å². The molecule has 1 aromatic carbocycles. The van der Waals surface area contributed by atoms with Crippen LogP contribution in [-0.4, -0.2) is 30.3 Å². The van der Waals surface area contributed by atoms with E-state index in [1.165, 1.54) is 0 Å². The lowest BCUT2D eigenvalue weighted by Crippen LogP contribution is -2.15. The van der Waals surface area contributed by atoms with Crippen LogP contribution in [0, 0.1) is 18.8 Å². The summed E-state index contributed by atoms with van der Waals surface area (Å²) in [7, 11) is 0. The molecule has 1 atom stereocenters. The Kier molecular flexibility index (Phi) is 5.79. The zero-order chi connectivity index (χ0) is 15.1. The Morgan fingerprint density at radius 2 is 2.38 bits per heavy atom. The first-order chi connectivity index (χ1) is 10.2. The first-order valence-electron chi connectivity index (χ1n) is 7.31. The van der Waals surface area contributed by atoms with E-state index in [1.54, 1.807) is 0 Å². The molecule has 1 heterocycles. The summed E-state index contributed by atoms with van der Waals surface area (Å²) in [5.74, 6) is 5.50. The van der Waals surface area contributed by atoms with E-state index in [9.17, 15) is 4.79 Å². The zero-order valence-electron chi connectivity index (χ0n) is 12.3. The molecule has 0 radical (unpaired) electrons. The number of carbonyl (C=O) groups is 1. The molecule has 112 valence electrons. The van der Waals surface area contributed by atoms with E-state index < -0.39 is 0 Å². The van der Waals surface area contributed by atoms with E-state index in [0.717, 1.165) is 42.7 Å². The monoisotopic (exact) mass is 287 g/mol. The number of nitrogens with one attached hydrogen (secondary N) is 1. The fourth-order valence-corrected chi connectivity index (χ4v) is 2.36. The summed E-state index contributed by atoms with van der Waals surface area (Å²) in [6, 6.07) is 5.61. The molecule has 1 aliphatic rings. The van der Waals surface area contributed by atoms with Crippen LogP contribution in [0.4, 0.5) is 5.69 Å². The molecule has 0 saturated carbocycles. The molecule has 0 aromatic heterocycles. The molecule has 4 heteroatoms. The van der Waals surface area contributed by atoms with E-state index in [4.69, 9.17) is 9.84 Å². The third kappa shape index (κ3) is 4.89. The van der Waals surface area contributed by atoms with Crippen LogP contribution < -0.4 is 5.32 Å². The molecule has 1 aromatic rings. The van der Waals surface area contributed by atoms with Gasteiger partial charge in [0, 0.05) is 24.3 Å². The third-order valence-electron chi connectivity index (χ3n) is 3.54. The van der Waals surface area contributed by atoms with E-state index >= 15 is 0 Å². The highest BCUT2D eigenvalue weighted by Crippen LogP contribution is 2.18. The van der Waals surface area contributed by atoms with Gasteiger partial charge in [0.2, 0.25) is 5.91 Å². The number of carbonyl (C=O) groups excluding carboxylic acids is 1. The van der Waals surface area contributed by atoms with Gasteiger partial charge in [0.05, 0.1) is 6.10 Å². The molecule has 21 heavy (non-hydrogen) atoms. The normalized spacial score (nSPS) is 17.1. The number of hydrogen-bond acceptors (Lipinski definition) is 3. The molecule has 1 unspecified atom stereocenters. The number of hydrogen-bond donors (Lipinski definition) is 2. The molecule has 1 amide bonds. The van der Waals surface area contributed by atoms with Crippen LogP contribution >= 0.6 is 0 Å². The fourth-order valence-electron chi connectivity index (χ4n) is 2.36. The Morgan fingerprint density at radius 1 is 1.52 bits per heavy atom. The number of amides is 1. The topological polar surface area (TPSA) is 58.6 Å². The van der Waals surface area contributed by atoms with E-state index in [2.05, 4.69) is 17.2 Å². The minimum Gasteiger partial charge on any atom is -0.384 e. The van der Waals surface area contributed by atoms with Gasteiger partial charge in [0.15, 0.2) is 0 Å². The van der Waals surface area contributed by atoms with Crippen molar-refractivity contribution in [2.75, 3.05) is 18.5 Å². The predicted molar refractivity (Wildman–Crippen MR) is 82.0 cm³/mol. The number of benzene rings is 1. The number of anilines is 1. The highest BCUT2D eigenvalue weighted by atomic mass is 16.5. The molecular formula is C17H21NO3. The third-order valence-corrected chi connectivity index (χ3v) is 3.54. The maximum absolute atomic E-state index is 11.9. The number of aryl methyl sites for hydroxylation is 1. The number of rotatable bonds is 4. The number of ether oxygens (including phenoxy) is 1. The van der Waals surface area contributed by atoms with Crippen molar-refractivity contribution in [3.8, 4) is 11.8 Å². The van der Waals surface area contributed by atoms with Crippen LogP contribution in [-0.2, 0) is 9.53 Å². The fraction of sp³-hybridized carbons (Fsp3) is 0.471. The molecule has 0 bridgehead atoms. The maximum Gasteiger partial charge on any atom is 0.224 e. The standard InChI is InChI=1S/C17H21NO3/c1-13-6-7-15(12-14(13)4-2-10-19)18-17(20)9-8-16-5-3-11-21-16/h6-7,12,16,19H,3,5,8-11H2,1H3,(H,18,20). The van der Waals surface area contributed by atoms with Crippen molar-refractivity contribution in [2.24, 2.45) is 0 Å². The van der Waals surface area contributed by atoms with Crippen molar-refractivity contribution in [3.05, 3.63) is 29.3 Å². The highest BCUT2D eigenvalue weighted by molar-refractivity contribution is 5.90. The van der Waals surface area contributed by atoms with E-state index in [1.807, 2.05) is 25.1 Å². The second kappa shape index (κ2) is 7.82. The Bertz CT molecular complexity index is 551. The van der Waals surface area contributed by atoms with Gasteiger partial charge in [-0.1, -0.05) is 17.9 Å². The SMILES string of the molecule is Cc1ccc(NC(=O)CCC2CCCO2)cc1C#CCO. The van der Waals surface area contributed by atoms with Gasteiger partial charge in [-0.2, -0.15) is 0 Å². The summed E-state index contributed by atoms with van der Waals surface area (Å²) in [6.45, 7) is 2.60. The minimum absolute atomic E-state index is 0.00424. The van der Waals surface area contributed by atoms with Crippen LogP contribution in [0.15, 0.2) is 18.2 Å². The van der Waals surface area contributed by atoms with Crippen molar-refractivity contribution in [2.45, 2.75) is 38.7 Å². The quantitative estimate of drug-likeness (QED) is 0.835. The zero-order valence-corrected chi connectivity index (χ0v) is 12.3. The molecule has 2 N–H and O–H groups in total. The van der Waals surface area contributed by atoms with Crippen LogP contribution in [0.1, 0.15) is 36.8 Å². The molecule has 0 spiro atoms. The van der Waals surface area contributed by atoms with E-state index in [0.29, 0.717) is 6.42 Å². The lowest BCUT2D eigenvalue weighted by molar-refractivity contribution is -0.116. The Labute approximate surface area is 125 Å². The van der Waals surface area contributed by atoms with Gasteiger partial charge in [-0.05, 0) is 43.9 Å². The van der Waals surface area contributed by atoms with Gasteiger partial charge in [-0.15, -0.1) is 0 Å². The van der Waals surface area contributed by atoms with Crippen molar-refractivity contribution >= 4 is 11.6 Å². The minimum atomic E-state index is -0.169. The number of aliphatic hydroxyl groups is 1. The van der Waals surface area contributed by atoms with Crippen molar-refractivity contribution in [3.63, 3.8) is 0 Å². The van der Waals surface area contributed by atoms with Crippen LogP contribution in [0.5, 0.6) is 0 Å². The van der Waals surface area contributed by atoms with Crippen LogP contribution in [0.3, 0.4) is 0 Å². The van der Waals surface area contributed by atoms with Crippen molar-refractivity contribution in [1.82, 2.24) is 0 Å². The molecule has 1 fully saturated rings. The summed E-state index contributed by atoms with van der Waals surface area (Å²) < 4.78 is 5.51. The summed E-state index contributed by atoms with van der Waals surface area (Å²) in [6.07, 6.45) is 3.63. The number of aliphatic hydroxyl groups excluding tert-OH is 1. The highest BCUT2D eigenvalue weighted by Gasteiger charge is 2.16. The predicted octanol–water partition coefficient (Wildman–Crippen LogP) is 2.24. The Balaban J connectivity index is 1.90. The lowest BCUT2D eigenvalue weighted by atomic mass is 10.1. The molecule has 1 aliphatic heterocycles. The summed E-state index contributed by atoms with van der Waals surface area (Å²) in [4.78, 5) is 11.9. The van der Waals surface area contributed by atoms with Gasteiger partial charge < -0.3 is 15.2 Å². The molecule has 0 aliphatic carbocycles. The van der Waals surface area contributed by atoms with Gasteiger partial charge in [0.25, 0.3) is 0 Å². The maximum atomic E-state index is 11.9. The second-order valence-corrected chi connectivity index (χ2v) is 5.21. The summed E-state index contributed by atoms with van der Waals surface area (Å²) in [5.41, 5.74) is 2.58. The van der Waals surface area contributed by atoms with Crippen molar-refractivity contribution < 1.29 is 14.6 Å². The molecule has 2 rings (SSSR count). The molecular weight excluding hydrogens is 266 g/mol. The summed E-state index contributed by atoms with van der Waals surface area (Å²) in [5, 5.41) is 11.6. The lowest BCUT2D eigenvalue weighted by Gasteiger charge is -2.10. The van der Waals surface area contributed by atoms with Gasteiger partial charge in [0.1, 0.15) is 6.61 Å². The van der Waals surface area contributed by atoms with Gasteiger partial charge >= 0.3 is 0 Å². The van der Waals surface area contributed by atoms with Crippen LogP contribution in [0.25, 0.3) is 0 Å². The first-order valence-corrected chi connectivity index (χ1v) is 7.31. The smallest absolute Gasteiger partial charge is 0.224 e. The average Bonchev–Trinajstić information content (AvgIpc) is 2.99. The Morgan fingerprint density at radius 3 is 3.10 bits per heavy atom. The average molecular weight is 287 g/mol. The van der Waals surface area contributed by atoms with Gasteiger partial charge in [-0.3, -0.25) is 4.79 Å². The van der Waals surface area contributed by atoms with E-state index in [-0.39, 0.29) is 18.6 Å². The second-order valence-electron chi connectivity index (χ2n) is 5.21. The first kappa shape index (κ1) is 15.6.